The topological polar surface area (TPSA) is 18.5 Å². The number of para-hydroxylation sites is 1. The molecule has 0 radical (unpaired) electrons. The van der Waals surface area contributed by atoms with E-state index in [1.807, 2.05) is 18.2 Å². The van der Waals surface area contributed by atoms with Gasteiger partial charge >= 0.3 is 0 Å². The highest BCUT2D eigenvalue weighted by molar-refractivity contribution is 9.09. The van der Waals surface area contributed by atoms with Gasteiger partial charge in [-0.3, -0.25) is 0 Å². The quantitative estimate of drug-likeness (QED) is 0.779. The molecule has 3 rings (SSSR count). The molecule has 2 atom stereocenters. The van der Waals surface area contributed by atoms with Crippen molar-refractivity contribution < 1.29 is 13.9 Å². The van der Waals surface area contributed by atoms with Gasteiger partial charge in [-0.1, -0.05) is 34.1 Å². The smallest absolute Gasteiger partial charge is 0.123 e. The molecule has 1 aliphatic rings. The molecule has 1 aliphatic heterocycles. The predicted octanol–water partition coefficient (Wildman–Crippen LogP) is 4.27. The van der Waals surface area contributed by atoms with Crippen LogP contribution in [0, 0.1) is 5.82 Å². The van der Waals surface area contributed by atoms with Gasteiger partial charge in [-0.15, -0.1) is 0 Å². The summed E-state index contributed by atoms with van der Waals surface area (Å²) >= 11 is 3.63. The molecule has 2 unspecified atom stereocenters. The molecule has 0 bridgehead atoms. The van der Waals surface area contributed by atoms with Gasteiger partial charge in [-0.05, 0) is 29.8 Å². The van der Waals surface area contributed by atoms with Crippen molar-refractivity contribution in [3.05, 3.63) is 59.4 Å². The van der Waals surface area contributed by atoms with Crippen molar-refractivity contribution in [1.82, 2.24) is 0 Å². The van der Waals surface area contributed by atoms with E-state index in [1.165, 1.54) is 17.7 Å². The molecule has 0 saturated carbocycles. The van der Waals surface area contributed by atoms with Crippen LogP contribution in [-0.2, 0) is 6.42 Å². The average Bonchev–Trinajstić information content (AvgIpc) is 2.90. The van der Waals surface area contributed by atoms with Crippen LogP contribution in [0.5, 0.6) is 11.5 Å². The Bertz CT molecular complexity index is 605. The Morgan fingerprint density at radius 3 is 2.85 bits per heavy atom. The number of hydrogen-bond donors (Lipinski definition) is 0. The molecule has 1 heterocycles. The minimum atomic E-state index is -0.277. The van der Waals surface area contributed by atoms with Gasteiger partial charge in [-0.25, -0.2) is 4.39 Å². The highest BCUT2D eigenvalue weighted by Gasteiger charge is 2.31. The largest absolute Gasteiger partial charge is 0.496 e. The number of ether oxygens (including phenoxy) is 2. The van der Waals surface area contributed by atoms with Crippen LogP contribution in [-0.4, -0.2) is 13.2 Å². The molecule has 0 aliphatic carbocycles. The van der Waals surface area contributed by atoms with Gasteiger partial charge in [0.15, 0.2) is 0 Å². The second-order valence-electron chi connectivity index (χ2n) is 4.76. The minimum Gasteiger partial charge on any atom is -0.496 e. The van der Waals surface area contributed by atoms with E-state index in [2.05, 4.69) is 22.0 Å². The van der Waals surface area contributed by atoms with E-state index in [1.54, 1.807) is 13.2 Å². The summed E-state index contributed by atoms with van der Waals surface area (Å²) in [6, 6.07) is 12.5. The van der Waals surface area contributed by atoms with Crippen LogP contribution in [0.4, 0.5) is 4.39 Å². The van der Waals surface area contributed by atoms with Gasteiger partial charge in [0.2, 0.25) is 0 Å². The molecule has 2 aromatic rings. The minimum absolute atomic E-state index is 0.0666. The molecule has 0 amide bonds. The number of hydrogen-bond acceptors (Lipinski definition) is 2. The molecule has 0 aromatic heterocycles. The molecule has 0 N–H and O–H groups in total. The van der Waals surface area contributed by atoms with Crippen LogP contribution in [0.2, 0.25) is 0 Å². The molecule has 4 heteroatoms. The van der Waals surface area contributed by atoms with Gasteiger partial charge in [-0.2, -0.15) is 0 Å². The second-order valence-corrected chi connectivity index (χ2v) is 5.74. The lowest BCUT2D eigenvalue weighted by molar-refractivity contribution is 0.230. The summed E-state index contributed by atoms with van der Waals surface area (Å²) in [5.41, 5.74) is 1.95. The van der Waals surface area contributed by atoms with E-state index in [4.69, 9.17) is 9.47 Å². The zero-order valence-electron chi connectivity index (χ0n) is 11.0. The first-order chi connectivity index (χ1) is 9.69. The third kappa shape index (κ3) is 2.40. The zero-order chi connectivity index (χ0) is 14.1. The summed E-state index contributed by atoms with van der Waals surface area (Å²) < 4.78 is 24.7. The Hall–Kier alpha value is -1.55. The number of alkyl halides is 1. The monoisotopic (exact) mass is 336 g/mol. The second kappa shape index (κ2) is 5.44. The Balaban J connectivity index is 1.88. The van der Waals surface area contributed by atoms with Crippen LogP contribution in [0.15, 0.2) is 42.5 Å². The lowest BCUT2D eigenvalue weighted by Gasteiger charge is -2.20. The highest BCUT2D eigenvalue weighted by Crippen LogP contribution is 2.41. The number of fused-ring (bicyclic) bond motifs is 1. The van der Waals surface area contributed by atoms with E-state index < -0.39 is 0 Å². The van der Waals surface area contributed by atoms with Gasteiger partial charge in [0.25, 0.3) is 0 Å². The van der Waals surface area contributed by atoms with Crippen molar-refractivity contribution >= 4 is 15.9 Å². The molecular weight excluding hydrogens is 323 g/mol. The maximum Gasteiger partial charge on any atom is 0.123 e. The standard InChI is InChI=1S/C16H14BrFO2/c1-19-14-7-6-11(18)9-12(14)16(17)15-8-10-4-2-3-5-13(10)20-15/h2-7,9,15-16H,8H2,1H3. The Labute approximate surface area is 125 Å². The van der Waals surface area contributed by atoms with Crippen LogP contribution >= 0.6 is 15.9 Å². The Morgan fingerprint density at radius 1 is 1.30 bits per heavy atom. The van der Waals surface area contributed by atoms with Crippen LogP contribution in [0.1, 0.15) is 16.0 Å². The molecule has 2 aromatic carbocycles. The summed E-state index contributed by atoms with van der Waals surface area (Å²) in [6.45, 7) is 0. The molecule has 20 heavy (non-hydrogen) atoms. The normalized spacial score (nSPS) is 18.2. The van der Waals surface area contributed by atoms with Crippen LogP contribution in [0.3, 0.4) is 0 Å². The van der Waals surface area contributed by atoms with Crippen molar-refractivity contribution in [2.75, 3.05) is 7.11 Å². The Kier molecular flexibility index (Phi) is 3.66. The fraction of sp³-hybridized carbons (Fsp3) is 0.250. The number of benzene rings is 2. The van der Waals surface area contributed by atoms with Crippen molar-refractivity contribution in [2.45, 2.75) is 17.4 Å². The van der Waals surface area contributed by atoms with E-state index in [0.29, 0.717) is 5.75 Å². The lowest BCUT2D eigenvalue weighted by atomic mass is 10.0. The highest BCUT2D eigenvalue weighted by atomic mass is 79.9. The van der Waals surface area contributed by atoms with E-state index >= 15 is 0 Å². The lowest BCUT2D eigenvalue weighted by Crippen LogP contribution is -2.19. The third-order valence-electron chi connectivity index (χ3n) is 3.49. The van der Waals surface area contributed by atoms with Gasteiger partial charge in [0.1, 0.15) is 23.4 Å². The van der Waals surface area contributed by atoms with Crippen molar-refractivity contribution in [3.63, 3.8) is 0 Å². The third-order valence-corrected chi connectivity index (χ3v) is 4.57. The maximum absolute atomic E-state index is 13.5. The van der Waals surface area contributed by atoms with Gasteiger partial charge in [0.05, 0.1) is 11.9 Å². The van der Waals surface area contributed by atoms with E-state index in [9.17, 15) is 4.39 Å². The first kappa shape index (κ1) is 13.4. The number of rotatable bonds is 3. The van der Waals surface area contributed by atoms with Crippen LogP contribution < -0.4 is 9.47 Å². The summed E-state index contributed by atoms with van der Waals surface area (Å²) in [5.74, 6) is 1.28. The number of halogens is 2. The molecule has 0 spiro atoms. The zero-order valence-corrected chi connectivity index (χ0v) is 12.6. The first-order valence-corrected chi connectivity index (χ1v) is 7.32. The maximum atomic E-state index is 13.5. The fourth-order valence-corrected chi connectivity index (χ4v) is 3.15. The molecule has 2 nitrogen and oxygen atoms in total. The summed E-state index contributed by atoms with van der Waals surface area (Å²) in [4.78, 5) is -0.124. The van der Waals surface area contributed by atoms with Crippen molar-refractivity contribution in [1.29, 1.82) is 0 Å². The molecular formula is C16H14BrFO2. The summed E-state index contributed by atoms with van der Waals surface area (Å²) in [5, 5.41) is 0. The first-order valence-electron chi connectivity index (χ1n) is 6.41. The van der Waals surface area contributed by atoms with E-state index in [0.717, 1.165) is 17.7 Å². The average molecular weight is 337 g/mol. The van der Waals surface area contributed by atoms with Gasteiger partial charge < -0.3 is 9.47 Å². The summed E-state index contributed by atoms with van der Waals surface area (Å²) in [6.07, 6.45) is 0.731. The van der Waals surface area contributed by atoms with E-state index in [-0.39, 0.29) is 16.7 Å². The van der Waals surface area contributed by atoms with Crippen molar-refractivity contribution in [3.8, 4) is 11.5 Å². The Morgan fingerprint density at radius 2 is 2.10 bits per heavy atom. The van der Waals surface area contributed by atoms with Crippen molar-refractivity contribution in [2.24, 2.45) is 0 Å². The SMILES string of the molecule is COc1ccc(F)cc1C(Br)C1Cc2ccccc2O1. The number of methoxy groups -OCH3 is 1. The molecule has 0 fully saturated rings. The fourth-order valence-electron chi connectivity index (χ4n) is 2.49. The summed E-state index contributed by atoms with van der Waals surface area (Å²) in [7, 11) is 1.58. The molecule has 104 valence electrons. The predicted molar refractivity (Wildman–Crippen MR) is 79.2 cm³/mol. The van der Waals surface area contributed by atoms with Gasteiger partial charge in [0, 0.05) is 12.0 Å². The molecule has 0 saturated heterocycles. The van der Waals surface area contributed by atoms with Crippen LogP contribution in [0.25, 0.3) is 0 Å².